The van der Waals surface area contributed by atoms with Crippen molar-refractivity contribution in [1.29, 1.82) is 0 Å². The van der Waals surface area contributed by atoms with Crippen LogP contribution in [0.25, 0.3) is 12.2 Å². The topological polar surface area (TPSA) is 109 Å². The highest BCUT2D eigenvalue weighted by molar-refractivity contribution is 5.80. The van der Waals surface area contributed by atoms with Crippen LogP contribution < -0.4 is 9.47 Å². The molecule has 0 saturated heterocycles. The molecule has 0 fully saturated rings. The van der Waals surface area contributed by atoms with E-state index in [1.54, 1.807) is 30.4 Å². The summed E-state index contributed by atoms with van der Waals surface area (Å²) < 4.78 is 10.2. The first-order valence-corrected chi connectivity index (χ1v) is 7.42. The third-order valence-corrected chi connectivity index (χ3v) is 3.78. The second kappa shape index (κ2) is 8.27. The molecule has 0 aliphatic carbocycles. The maximum atomic E-state index is 11.0. The van der Waals surface area contributed by atoms with Gasteiger partial charge >= 0.3 is 0 Å². The minimum absolute atomic E-state index is 0.128. The van der Waals surface area contributed by atoms with E-state index in [1.807, 2.05) is 0 Å². The number of phenolic OH excluding ortho intramolecular Hbond substituents is 1. The number of rotatable bonds is 7. The number of hydrogen-bond donors (Lipinski definition) is 3. The molecule has 0 amide bonds. The molecule has 0 bridgehead atoms. The molecule has 3 N–H and O–H groups in total. The van der Waals surface area contributed by atoms with Crippen molar-refractivity contribution in [2.45, 2.75) is 13.2 Å². The van der Waals surface area contributed by atoms with E-state index in [2.05, 4.69) is 5.18 Å². The monoisotopic (exact) mass is 345 g/mol. The summed E-state index contributed by atoms with van der Waals surface area (Å²) >= 11 is 0. The number of hydrogen-bond acceptors (Lipinski definition) is 7. The minimum Gasteiger partial charge on any atom is -0.503 e. The van der Waals surface area contributed by atoms with E-state index < -0.39 is 0 Å². The Hall–Kier alpha value is -2.90. The number of aromatic hydroxyl groups is 1. The molecule has 0 aromatic heterocycles. The maximum absolute atomic E-state index is 11.0. The van der Waals surface area contributed by atoms with Gasteiger partial charge in [-0.1, -0.05) is 12.2 Å². The van der Waals surface area contributed by atoms with Crippen molar-refractivity contribution in [3.63, 3.8) is 0 Å². The van der Waals surface area contributed by atoms with E-state index in [-0.39, 0.29) is 30.4 Å². The highest BCUT2D eigenvalue weighted by Crippen LogP contribution is 2.39. The van der Waals surface area contributed by atoms with Crippen molar-refractivity contribution >= 4 is 17.8 Å². The zero-order chi connectivity index (χ0) is 18.4. The van der Waals surface area contributed by atoms with Gasteiger partial charge in [-0.05, 0) is 40.6 Å². The minimum atomic E-state index is -0.330. The Morgan fingerprint density at radius 2 is 1.76 bits per heavy atom. The van der Waals surface area contributed by atoms with E-state index in [0.717, 1.165) is 0 Å². The Labute approximate surface area is 144 Å². The van der Waals surface area contributed by atoms with Crippen LogP contribution in [-0.2, 0) is 13.2 Å². The van der Waals surface area contributed by atoms with E-state index in [1.165, 1.54) is 20.3 Å². The molecule has 2 rings (SSSR count). The van der Waals surface area contributed by atoms with E-state index in [0.29, 0.717) is 28.0 Å². The fourth-order valence-corrected chi connectivity index (χ4v) is 2.48. The Bertz CT molecular complexity index is 775. The SMILES string of the molecule is COc1ccc(/C=C\c2cc(CO)c(CO)c(OC)c2)c(N=O)c1O. The van der Waals surface area contributed by atoms with Crippen LogP contribution in [0.1, 0.15) is 22.3 Å². The second-order valence-corrected chi connectivity index (χ2v) is 5.16. The molecule has 7 nitrogen and oxygen atoms in total. The summed E-state index contributed by atoms with van der Waals surface area (Å²) in [4.78, 5) is 11.0. The first-order chi connectivity index (χ1) is 12.1. The normalized spacial score (nSPS) is 10.9. The van der Waals surface area contributed by atoms with Gasteiger partial charge in [0.15, 0.2) is 17.2 Å². The molecular formula is C18H19NO6. The van der Waals surface area contributed by atoms with Crippen LogP contribution in [-0.4, -0.2) is 29.5 Å². The van der Waals surface area contributed by atoms with Crippen LogP contribution >= 0.6 is 0 Å². The molecule has 0 radical (unpaired) electrons. The maximum Gasteiger partial charge on any atom is 0.188 e. The summed E-state index contributed by atoms with van der Waals surface area (Å²) in [5.41, 5.74) is 2.01. The average Bonchev–Trinajstić information content (AvgIpc) is 2.65. The summed E-state index contributed by atoms with van der Waals surface area (Å²) in [7, 11) is 2.85. The first kappa shape index (κ1) is 18.4. The van der Waals surface area contributed by atoms with Crippen molar-refractivity contribution in [2.75, 3.05) is 14.2 Å². The zero-order valence-electron chi connectivity index (χ0n) is 13.9. The lowest BCUT2D eigenvalue weighted by atomic mass is 10.0. The zero-order valence-corrected chi connectivity index (χ0v) is 13.9. The summed E-state index contributed by atoms with van der Waals surface area (Å²) in [6, 6.07) is 6.51. The predicted molar refractivity (Wildman–Crippen MR) is 93.9 cm³/mol. The van der Waals surface area contributed by atoms with Crippen molar-refractivity contribution in [2.24, 2.45) is 5.18 Å². The summed E-state index contributed by atoms with van der Waals surface area (Å²) in [6.07, 6.45) is 3.28. The van der Waals surface area contributed by atoms with E-state index in [4.69, 9.17) is 9.47 Å². The van der Waals surface area contributed by atoms with Gasteiger partial charge in [-0.15, -0.1) is 4.91 Å². The Balaban J connectivity index is 2.46. The molecular weight excluding hydrogens is 326 g/mol. The van der Waals surface area contributed by atoms with Crippen molar-refractivity contribution in [3.8, 4) is 17.2 Å². The lowest BCUT2D eigenvalue weighted by Gasteiger charge is -2.12. The van der Waals surface area contributed by atoms with Gasteiger partial charge in [0.25, 0.3) is 0 Å². The third kappa shape index (κ3) is 3.78. The second-order valence-electron chi connectivity index (χ2n) is 5.16. The van der Waals surface area contributed by atoms with Gasteiger partial charge in [0.05, 0.1) is 27.4 Å². The molecule has 132 valence electrons. The van der Waals surface area contributed by atoms with Gasteiger partial charge in [-0.3, -0.25) is 0 Å². The summed E-state index contributed by atoms with van der Waals surface area (Å²) in [6.45, 7) is -0.507. The predicted octanol–water partition coefficient (Wildman–Crippen LogP) is 2.96. The van der Waals surface area contributed by atoms with Gasteiger partial charge in [0, 0.05) is 11.1 Å². The van der Waals surface area contributed by atoms with Crippen LogP contribution in [0.15, 0.2) is 29.4 Å². The third-order valence-electron chi connectivity index (χ3n) is 3.78. The number of aliphatic hydroxyl groups is 2. The van der Waals surface area contributed by atoms with Gasteiger partial charge in [0.2, 0.25) is 0 Å². The van der Waals surface area contributed by atoms with Crippen LogP contribution in [0.3, 0.4) is 0 Å². The number of phenols is 1. The smallest absolute Gasteiger partial charge is 0.188 e. The molecule has 2 aromatic carbocycles. The van der Waals surface area contributed by atoms with Gasteiger partial charge in [-0.2, -0.15) is 0 Å². The number of benzene rings is 2. The average molecular weight is 345 g/mol. The van der Waals surface area contributed by atoms with Gasteiger partial charge in [0.1, 0.15) is 5.75 Å². The molecule has 0 spiro atoms. The van der Waals surface area contributed by atoms with Crippen LogP contribution in [0, 0.1) is 4.91 Å². The fourth-order valence-electron chi connectivity index (χ4n) is 2.48. The molecule has 0 aliphatic rings. The van der Waals surface area contributed by atoms with E-state index in [9.17, 15) is 20.2 Å². The van der Waals surface area contributed by atoms with Crippen LogP contribution in [0.2, 0.25) is 0 Å². The lowest BCUT2D eigenvalue weighted by Crippen LogP contribution is -1.99. The highest BCUT2D eigenvalue weighted by Gasteiger charge is 2.13. The van der Waals surface area contributed by atoms with Gasteiger partial charge in [-0.25, -0.2) is 0 Å². The van der Waals surface area contributed by atoms with Crippen LogP contribution in [0.4, 0.5) is 5.69 Å². The summed E-state index contributed by atoms with van der Waals surface area (Å²) in [5.74, 6) is 0.271. The standard InChI is InChI=1S/C18H19NO6/c1-24-15-6-5-12(17(19-23)18(15)22)4-3-11-7-13(9-20)14(10-21)16(8-11)25-2/h3-8,20-22H,9-10H2,1-2H3/b4-3-. The Morgan fingerprint density at radius 3 is 2.32 bits per heavy atom. The quantitative estimate of drug-likeness (QED) is 0.526. The highest BCUT2D eigenvalue weighted by atomic mass is 16.5. The first-order valence-electron chi connectivity index (χ1n) is 7.42. The Kier molecular flexibility index (Phi) is 6.10. The van der Waals surface area contributed by atoms with Gasteiger partial charge < -0.3 is 24.8 Å². The lowest BCUT2D eigenvalue weighted by molar-refractivity contribution is 0.254. The molecule has 0 heterocycles. The molecule has 2 aromatic rings. The Morgan fingerprint density at radius 1 is 1.04 bits per heavy atom. The van der Waals surface area contributed by atoms with Crippen molar-refractivity contribution < 1.29 is 24.8 Å². The number of aliphatic hydroxyl groups excluding tert-OH is 2. The van der Waals surface area contributed by atoms with E-state index >= 15 is 0 Å². The largest absolute Gasteiger partial charge is 0.503 e. The molecule has 25 heavy (non-hydrogen) atoms. The van der Waals surface area contributed by atoms with Crippen molar-refractivity contribution in [1.82, 2.24) is 0 Å². The molecule has 0 atom stereocenters. The number of ether oxygens (including phenoxy) is 2. The molecule has 7 heteroatoms. The number of nitroso groups, excluding NO2 is 1. The fraction of sp³-hybridized carbons (Fsp3) is 0.222. The molecule has 0 aliphatic heterocycles. The van der Waals surface area contributed by atoms with Crippen LogP contribution in [0.5, 0.6) is 17.2 Å². The molecule has 0 unspecified atom stereocenters. The number of methoxy groups -OCH3 is 2. The number of nitrogens with zero attached hydrogens (tertiary/aromatic N) is 1. The molecule has 0 saturated carbocycles. The summed E-state index contributed by atoms with van der Waals surface area (Å²) in [5, 5.41) is 31.7. The van der Waals surface area contributed by atoms with Crippen molar-refractivity contribution in [3.05, 3.63) is 51.4 Å².